The van der Waals surface area contributed by atoms with Crippen molar-refractivity contribution in [2.45, 2.75) is 6.92 Å². The Kier molecular flexibility index (Phi) is 7.30. The summed E-state index contributed by atoms with van der Waals surface area (Å²) in [7, 11) is 1.58. The molecule has 0 heterocycles. The molecule has 0 aliphatic carbocycles. The fourth-order valence-electron chi connectivity index (χ4n) is 2.05. The first-order valence-corrected chi connectivity index (χ1v) is 8.17. The molecule has 26 heavy (non-hydrogen) atoms. The summed E-state index contributed by atoms with van der Waals surface area (Å²) in [6.45, 7) is 2.25. The van der Waals surface area contributed by atoms with Gasteiger partial charge in [0.15, 0.2) is 13.2 Å². The Morgan fingerprint density at radius 3 is 1.85 bits per heavy atom. The zero-order valence-corrected chi connectivity index (χ0v) is 14.8. The lowest BCUT2D eigenvalue weighted by Gasteiger charge is -2.09. The summed E-state index contributed by atoms with van der Waals surface area (Å²) in [5, 5.41) is 5.37. The third kappa shape index (κ3) is 6.35. The van der Waals surface area contributed by atoms with Crippen LogP contribution in [0.3, 0.4) is 0 Å². The quantitative estimate of drug-likeness (QED) is 0.718. The van der Waals surface area contributed by atoms with Crippen LogP contribution in [0, 0.1) is 0 Å². The number of likely N-dealkylation sites (N-methyl/N-ethyl adjacent to an activating group) is 1. The Bertz CT molecular complexity index is 714. The average Bonchev–Trinajstić information content (AvgIpc) is 2.66. The number of carbonyl (C=O) groups is 2. The highest BCUT2D eigenvalue weighted by molar-refractivity contribution is 5.91. The van der Waals surface area contributed by atoms with Crippen LogP contribution in [0.2, 0.25) is 0 Å². The van der Waals surface area contributed by atoms with Gasteiger partial charge in [0.2, 0.25) is 0 Å². The molecule has 2 aromatic rings. The number of anilines is 1. The summed E-state index contributed by atoms with van der Waals surface area (Å²) < 4.78 is 15.8. The number of amides is 2. The Labute approximate surface area is 152 Å². The average molecular weight is 358 g/mol. The second-order valence-electron chi connectivity index (χ2n) is 5.28. The second-order valence-corrected chi connectivity index (χ2v) is 5.28. The van der Waals surface area contributed by atoms with Gasteiger partial charge in [-0.2, -0.15) is 0 Å². The standard InChI is InChI=1S/C19H22N2O5/c1-3-20-18(22)12-25-16-6-4-14(5-7-16)21-19(23)13-26-17-10-8-15(24-2)9-11-17/h4-11H,3,12-13H2,1-2H3,(H,20,22)(H,21,23). The molecular formula is C19H22N2O5. The molecule has 0 bridgehead atoms. The molecule has 2 aromatic carbocycles. The van der Waals surface area contributed by atoms with Gasteiger partial charge >= 0.3 is 0 Å². The van der Waals surface area contributed by atoms with Crippen LogP contribution in [0.4, 0.5) is 5.69 Å². The largest absolute Gasteiger partial charge is 0.497 e. The highest BCUT2D eigenvalue weighted by atomic mass is 16.5. The Balaban J connectivity index is 1.76. The van der Waals surface area contributed by atoms with Gasteiger partial charge in [-0.05, 0) is 55.5 Å². The highest BCUT2D eigenvalue weighted by Gasteiger charge is 2.05. The summed E-state index contributed by atoms with van der Waals surface area (Å²) in [5.74, 6) is 1.38. The molecule has 0 saturated carbocycles. The van der Waals surface area contributed by atoms with Crippen molar-refractivity contribution < 1.29 is 23.8 Å². The van der Waals surface area contributed by atoms with E-state index in [1.807, 2.05) is 6.92 Å². The number of nitrogens with one attached hydrogen (secondary N) is 2. The van der Waals surface area contributed by atoms with Gasteiger partial charge in [-0.3, -0.25) is 9.59 Å². The fourth-order valence-corrected chi connectivity index (χ4v) is 2.05. The van der Waals surface area contributed by atoms with E-state index in [4.69, 9.17) is 14.2 Å². The van der Waals surface area contributed by atoms with Gasteiger partial charge in [-0.15, -0.1) is 0 Å². The molecule has 0 unspecified atom stereocenters. The van der Waals surface area contributed by atoms with E-state index in [2.05, 4.69) is 10.6 Å². The minimum atomic E-state index is -0.281. The molecule has 0 aliphatic rings. The normalized spacial score (nSPS) is 9.92. The Morgan fingerprint density at radius 1 is 0.808 bits per heavy atom. The first kappa shape index (κ1) is 19.1. The van der Waals surface area contributed by atoms with Gasteiger partial charge < -0.3 is 24.8 Å². The van der Waals surface area contributed by atoms with E-state index >= 15 is 0 Å². The van der Waals surface area contributed by atoms with Gasteiger partial charge in [-0.25, -0.2) is 0 Å². The van der Waals surface area contributed by atoms with E-state index in [0.29, 0.717) is 23.7 Å². The van der Waals surface area contributed by atoms with E-state index in [1.54, 1.807) is 55.6 Å². The molecule has 0 aromatic heterocycles. The zero-order chi connectivity index (χ0) is 18.8. The van der Waals surface area contributed by atoms with Crippen LogP contribution in [0.25, 0.3) is 0 Å². The van der Waals surface area contributed by atoms with Crippen LogP contribution in [-0.4, -0.2) is 38.7 Å². The van der Waals surface area contributed by atoms with Gasteiger partial charge in [-0.1, -0.05) is 0 Å². The molecule has 2 N–H and O–H groups in total. The zero-order valence-electron chi connectivity index (χ0n) is 14.8. The molecule has 0 spiro atoms. The lowest BCUT2D eigenvalue weighted by molar-refractivity contribution is -0.123. The minimum absolute atomic E-state index is 0.0464. The van der Waals surface area contributed by atoms with Crippen molar-refractivity contribution in [3.05, 3.63) is 48.5 Å². The monoisotopic (exact) mass is 358 g/mol. The highest BCUT2D eigenvalue weighted by Crippen LogP contribution is 2.18. The Hall–Kier alpha value is -3.22. The van der Waals surface area contributed by atoms with Crippen molar-refractivity contribution in [3.63, 3.8) is 0 Å². The summed E-state index contributed by atoms with van der Waals surface area (Å²) >= 11 is 0. The van der Waals surface area contributed by atoms with Crippen LogP contribution < -0.4 is 24.8 Å². The molecular weight excluding hydrogens is 336 g/mol. The number of benzene rings is 2. The van der Waals surface area contributed by atoms with E-state index in [9.17, 15) is 9.59 Å². The number of rotatable bonds is 9. The molecule has 138 valence electrons. The molecule has 0 saturated heterocycles. The lowest BCUT2D eigenvalue weighted by atomic mass is 10.3. The Morgan fingerprint density at radius 2 is 1.31 bits per heavy atom. The predicted molar refractivity (Wildman–Crippen MR) is 97.7 cm³/mol. The van der Waals surface area contributed by atoms with E-state index in [1.165, 1.54) is 0 Å². The predicted octanol–water partition coefficient (Wildman–Crippen LogP) is 2.23. The van der Waals surface area contributed by atoms with Crippen molar-refractivity contribution in [1.82, 2.24) is 5.32 Å². The smallest absolute Gasteiger partial charge is 0.262 e. The maximum absolute atomic E-state index is 11.9. The van der Waals surface area contributed by atoms with Gasteiger partial charge in [0, 0.05) is 12.2 Å². The molecule has 7 heteroatoms. The van der Waals surface area contributed by atoms with Crippen LogP contribution >= 0.6 is 0 Å². The van der Waals surface area contributed by atoms with Crippen LogP contribution in [0.1, 0.15) is 6.92 Å². The maximum atomic E-state index is 11.9. The number of methoxy groups -OCH3 is 1. The van der Waals surface area contributed by atoms with Crippen LogP contribution in [-0.2, 0) is 9.59 Å². The summed E-state index contributed by atoms with van der Waals surface area (Å²) in [6.07, 6.45) is 0. The van der Waals surface area contributed by atoms with Crippen molar-refractivity contribution in [3.8, 4) is 17.2 Å². The number of hydrogen-bond donors (Lipinski definition) is 2. The van der Waals surface area contributed by atoms with E-state index < -0.39 is 0 Å². The summed E-state index contributed by atoms with van der Waals surface area (Å²) in [5.41, 5.74) is 0.610. The molecule has 0 atom stereocenters. The maximum Gasteiger partial charge on any atom is 0.262 e. The van der Waals surface area contributed by atoms with Gasteiger partial charge in [0.1, 0.15) is 17.2 Å². The number of hydrogen-bond acceptors (Lipinski definition) is 5. The van der Waals surface area contributed by atoms with Crippen molar-refractivity contribution in [2.75, 3.05) is 32.2 Å². The number of ether oxygens (including phenoxy) is 3. The van der Waals surface area contributed by atoms with Crippen molar-refractivity contribution >= 4 is 17.5 Å². The van der Waals surface area contributed by atoms with E-state index in [0.717, 1.165) is 5.75 Å². The second kappa shape index (κ2) is 9.93. The topological polar surface area (TPSA) is 85.9 Å². The van der Waals surface area contributed by atoms with Crippen molar-refractivity contribution in [1.29, 1.82) is 0 Å². The minimum Gasteiger partial charge on any atom is -0.497 e. The number of carbonyl (C=O) groups excluding carboxylic acids is 2. The first-order valence-electron chi connectivity index (χ1n) is 8.17. The SMILES string of the molecule is CCNC(=O)COc1ccc(NC(=O)COc2ccc(OC)cc2)cc1. The van der Waals surface area contributed by atoms with E-state index in [-0.39, 0.29) is 25.0 Å². The van der Waals surface area contributed by atoms with Gasteiger partial charge in [0.05, 0.1) is 7.11 Å². The summed E-state index contributed by atoms with van der Waals surface area (Å²) in [4.78, 5) is 23.3. The molecule has 2 amide bonds. The molecule has 0 aliphatic heterocycles. The molecule has 2 rings (SSSR count). The molecule has 0 fully saturated rings. The third-order valence-corrected chi connectivity index (χ3v) is 3.31. The van der Waals surface area contributed by atoms with Crippen molar-refractivity contribution in [2.24, 2.45) is 0 Å². The van der Waals surface area contributed by atoms with Gasteiger partial charge in [0.25, 0.3) is 11.8 Å². The lowest BCUT2D eigenvalue weighted by Crippen LogP contribution is -2.28. The molecule has 7 nitrogen and oxygen atoms in total. The van der Waals surface area contributed by atoms with Crippen LogP contribution in [0.5, 0.6) is 17.2 Å². The first-order chi connectivity index (χ1) is 12.6. The summed E-state index contributed by atoms with van der Waals surface area (Å²) in [6, 6.07) is 13.7. The third-order valence-electron chi connectivity index (χ3n) is 3.31. The molecule has 0 radical (unpaired) electrons. The fraction of sp³-hybridized carbons (Fsp3) is 0.263. The van der Waals surface area contributed by atoms with Crippen LogP contribution in [0.15, 0.2) is 48.5 Å².